The van der Waals surface area contributed by atoms with E-state index in [9.17, 15) is 9.59 Å². The molecule has 0 aliphatic heterocycles. The second-order valence-corrected chi connectivity index (χ2v) is 5.95. The zero-order chi connectivity index (χ0) is 15.5. The van der Waals surface area contributed by atoms with Gasteiger partial charge in [-0.2, -0.15) is 0 Å². The third kappa shape index (κ3) is 7.30. The Morgan fingerprint density at radius 3 is 2.00 bits per heavy atom. The third-order valence-electron chi connectivity index (χ3n) is 3.94. The topological polar surface area (TPSA) is 54.9 Å². The van der Waals surface area contributed by atoms with Crippen molar-refractivity contribution in [3.63, 3.8) is 0 Å². The number of aryl methyl sites for hydroxylation is 2. The van der Waals surface area contributed by atoms with Gasteiger partial charge < -0.3 is 4.57 Å². The quantitative estimate of drug-likeness (QED) is 0.632. The first kappa shape index (κ1) is 17.7. The molecule has 0 atom stereocenters. The first-order chi connectivity index (χ1) is 10.1. The molecule has 0 aromatic carbocycles. The number of H-pyrrole nitrogens is 1. The van der Waals surface area contributed by atoms with Crippen molar-refractivity contribution in [2.75, 3.05) is 0 Å². The number of hydrogen-bond acceptors (Lipinski definition) is 2. The Bertz CT molecular complexity index is 502. The minimum Gasteiger partial charge on any atom is -0.300 e. The molecule has 0 unspecified atom stereocenters. The molecular weight excluding hydrogens is 264 g/mol. The molecule has 0 aliphatic carbocycles. The predicted octanol–water partition coefficient (Wildman–Crippen LogP) is 3.77. The van der Waals surface area contributed by atoms with Gasteiger partial charge in [-0.3, -0.25) is 9.78 Å². The summed E-state index contributed by atoms with van der Waals surface area (Å²) >= 11 is 0. The molecule has 1 aromatic rings. The van der Waals surface area contributed by atoms with Crippen LogP contribution < -0.4 is 11.2 Å². The van der Waals surface area contributed by atoms with Crippen molar-refractivity contribution in [2.45, 2.75) is 84.6 Å². The maximum atomic E-state index is 11.6. The average molecular weight is 294 g/mol. The Morgan fingerprint density at radius 2 is 1.43 bits per heavy atom. The Morgan fingerprint density at radius 1 is 0.905 bits per heavy atom. The molecule has 1 heterocycles. The molecule has 0 saturated carbocycles. The van der Waals surface area contributed by atoms with Gasteiger partial charge in [-0.1, -0.05) is 64.7 Å². The highest BCUT2D eigenvalue weighted by Gasteiger charge is 2.00. The number of unbranched alkanes of at least 4 members (excludes halogenated alkanes) is 9. The summed E-state index contributed by atoms with van der Waals surface area (Å²) in [6.45, 7) is 4.68. The lowest BCUT2D eigenvalue weighted by molar-refractivity contribution is 0.525. The highest BCUT2D eigenvalue weighted by Crippen LogP contribution is 2.10. The molecule has 0 spiro atoms. The summed E-state index contributed by atoms with van der Waals surface area (Å²) < 4.78 is 1.61. The lowest BCUT2D eigenvalue weighted by Crippen LogP contribution is -2.30. The highest BCUT2D eigenvalue weighted by molar-refractivity contribution is 5.00. The minimum absolute atomic E-state index is 0.278. The van der Waals surface area contributed by atoms with Crippen LogP contribution >= 0.6 is 0 Å². The lowest BCUT2D eigenvalue weighted by Gasteiger charge is -2.06. The molecule has 0 saturated heterocycles. The van der Waals surface area contributed by atoms with Crippen LogP contribution in [-0.4, -0.2) is 9.55 Å². The predicted molar refractivity (Wildman–Crippen MR) is 87.9 cm³/mol. The van der Waals surface area contributed by atoms with E-state index in [4.69, 9.17) is 0 Å². The fourth-order valence-electron chi connectivity index (χ4n) is 2.55. The summed E-state index contributed by atoms with van der Waals surface area (Å²) in [4.78, 5) is 25.2. The molecule has 0 radical (unpaired) electrons. The van der Waals surface area contributed by atoms with E-state index >= 15 is 0 Å². The van der Waals surface area contributed by atoms with Gasteiger partial charge in [0.15, 0.2) is 0 Å². The molecule has 0 bridgehead atoms. The molecule has 1 rings (SSSR count). The summed E-state index contributed by atoms with van der Waals surface area (Å²) in [5.41, 5.74) is 0.0301. The summed E-state index contributed by atoms with van der Waals surface area (Å²) in [6, 6.07) is 0. The van der Waals surface area contributed by atoms with Gasteiger partial charge in [-0.05, 0) is 13.3 Å². The molecule has 120 valence electrons. The van der Waals surface area contributed by atoms with Crippen molar-refractivity contribution < 1.29 is 0 Å². The number of aromatic nitrogens is 2. The van der Waals surface area contributed by atoms with E-state index < -0.39 is 0 Å². The summed E-state index contributed by atoms with van der Waals surface area (Å²) in [6.07, 6.45) is 14.5. The van der Waals surface area contributed by atoms with E-state index in [1.165, 1.54) is 51.4 Å². The van der Waals surface area contributed by atoms with Gasteiger partial charge in [0.1, 0.15) is 0 Å². The fraction of sp³-hybridized carbons (Fsp3) is 0.765. The zero-order valence-electron chi connectivity index (χ0n) is 13.6. The maximum Gasteiger partial charge on any atom is 0.328 e. The van der Waals surface area contributed by atoms with Gasteiger partial charge >= 0.3 is 5.69 Å². The summed E-state index contributed by atoms with van der Waals surface area (Å²) in [5, 5.41) is 0. The van der Waals surface area contributed by atoms with Crippen LogP contribution in [0.2, 0.25) is 0 Å². The van der Waals surface area contributed by atoms with Crippen molar-refractivity contribution in [2.24, 2.45) is 0 Å². The van der Waals surface area contributed by atoms with E-state index in [-0.39, 0.29) is 11.2 Å². The second-order valence-electron chi connectivity index (χ2n) is 5.95. The molecule has 0 amide bonds. The first-order valence-electron chi connectivity index (χ1n) is 8.45. The molecule has 21 heavy (non-hydrogen) atoms. The van der Waals surface area contributed by atoms with Crippen molar-refractivity contribution in [3.8, 4) is 0 Å². The van der Waals surface area contributed by atoms with E-state index in [0.717, 1.165) is 12.8 Å². The van der Waals surface area contributed by atoms with Crippen molar-refractivity contribution >= 4 is 0 Å². The number of nitrogens with zero attached hydrogens (tertiary/aromatic N) is 1. The lowest BCUT2D eigenvalue weighted by atomic mass is 10.1. The molecule has 0 fully saturated rings. The van der Waals surface area contributed by atoms with Crippen molar-refractivity contribution in [1.29, 1.82) is 0 Å². The number of rotatable bonds is 11. The van der Waals surface area contributed by atoms with E-state index in [0.29, 0.717) is 12.1 Å². The van der Waals surface area contributed by atoms with Crippen LogP contribution in [0.1, 0.15) is 76.7 Å². The first-order valence-corrected chi connectivity index (χ1v) is 8.45. The maximum absolute atomic E-state index is 11.6. The van der Waals surface area contributed by atoms with E-state index in [1.807, 2.05) is 0 Å². The SMILES string of the molecule is CCCCCCCCCCCCn1cc(C)c(=O)[nH]c1=O. The van der Waals surface area contributed by atoms with Gasteiger partial charge in [-0.15, -0.1) is 0 Å². The van der Waals surface area contributed by atoms with Gasteiger partial charge in [0.25, 0.3) is 5.56 Å². The Labute approximate surface area is 127 Å². The zero-order valence-corrected chi connectivity index (χ0v) is 13.6. The van der Waals surface area contributed by atoms with Crippen LogP contribution in [0.4, 0.5) is 0 Å². The normalized spacial score (nSPS) is 11.0. The molecule has 4 nitrogen and oxygen atoms in total. The summed E-state index contributed by atoms with van der Waals surface area (Å²) in [7, 11) is 0. The van der Waals surface area contributed by atoms with E-state index in [1.54, 1.807) is 17.7 Å². The van der Waals surface area contributed by atoms with Crippen LogP contribution in [0.5, 0.6) is 0 Å². The Kier molecular flexibility index (Phi) is 8.79. The van der Waals surface area contributed by atoms with Crippen molar-refractivity contribution in [3.05, 3.63) is 32.6 Å². The molecular formula is C17H30N2O2. The van der Waals surface area contributed by atoms with Gasteiger partial charge in [-0.25, -0.2) is 4.79 Å². The monoisotopic (exact) mass is 294 g/mol. The summed E-state index contributed by atoms with van der Waals surface area (Å²) in [5.74, 6) is 0. The Hall–Kier alpha value is -1.32. The highest BCUT2D eigenvalue weighted by atomic mass is 16.2. The largest absolute Gasteiger partial charge is 0.328 e. The minimum atomic E-state index is -0.290. The molecule has 4 heteroatoms. The third-order valence-corrected chi connectivity index (χ3v) is 3.94. The number of aromatic amines is 1. The van der Waals surface area contributed by atoms with Gasteiger partial charge in [0.05, 0.1) is 0 Å². The van der Waals surface area contributed by atoms with Crippen LogP contribution in [0, 0.1) is 6.92 Å². The smallest absolute Gasteiger partial charge is 0.300 e. The van der Waals surface area contributed by atoms with E-state index in [2.05, 4.69) is 11.9 Å². The molecule has 1 N–H and O–H groups in total. The fourth-order valence-corrected chi connectivity index (χ4v) is 2.55. The second kappa shape index (κ2) is 10.4. The standard InChI is InChI=1S/C17H30N2O2/c1-3-4-5-6-7-8-9-10-11-12-13-19-14-15(2)16(20)18-17(19)21/h14H,3-13H2,1-2H3,(H,18,20,21). The average Bonchev–Trinajstić information content (AvgIpc) is 2.46. The van der Waals surface area contributed by atoms with Crippen LogP contribution in [0.3, 0.4) is 0 Å². The molecule has 0 aliphatic rings. The van der Waals surface area contributed by atoms with Gasteiger partial charge in [0.2, 0.25) is 0 Å². The Balaban J connectivity index is 2.08. The van der Waals surface area contributed by atoms with Crippen LogP contribution in [-0.2, 0) is 6.54 Å². The number of nitrogens with one attached hydrogen (secondary N) is 1. The van der Waals surface area contributed by atoms with Crippen LogP contribution in [0.25, 0.3) is 0 Å². The molecule has 1 aromatic heterocycles. The van der Waals surface area contributed by atoms with Crippen LogP contribution in [0.15, 0.2) is 15.8 Å². The van der Waals surface area contributed by atoms with Gasteiger partial charge in [0, 0.05) is 18.3 Å². The number of hydrogen-bond donors (Lipinski definition) is 1. The van der Waals surface area contributed by atoms with Crippen molar-refractivity contribution in [1.82, 2.24) is 9.55 Å².